The number of methoxy groups -OCH3 is 1. The molecule has 0 radical (unpaired) electrons. The van der Waals surface area contributed by atoms with Crippen LogP contribution in [0.3, 0.4) is 0 Å². The molecule has 0 spiro atoms. The highest BCUT2D eigenvalue weighted by molar-refractivity contribution is 6.35. The van der Waals surface area contributed by atoms with Crippen LogP contribution in [0.15, 0.2) is 18.3 Å². The van der Waals surface area contributed by atoms with Crippen LogP contribution >= 0.6 is 11.6 Å². The first-order chi connectivity index (χ1) is 7.26. The molecule has 2 rings (SSSR count). The van der Waals surface area contributed by atoms with Crippen LogP contribution in [0, 0.1) is 0 Å². The van der Waals surface area contributed by atoms with Gasteiger partial charge < -0.3 is 9.84 Å². The molecule has 2 heterocycles. The van der Waals surface area contributed by atoms with Crippen LogP contribution in [0.25, 0.3) is 11.0 Å². The minimum Gasteiger partial charge on any atom is -0.481 e. The van der Waals surface area contributed by atoms with E-state index in [1.807, 2.05) is 0 Å². The molecular formula is C10H9ClN2O2. The van der Waals surface area contributed by atoms with Gasteiger partial charge in [-0.25, -0.2) is 4.98 Å². The first-order valence-corrected chi connectivity index (χ1v) is 4.73. The number of hydrogen-bond donors (Lipinski definition) is 1. The number of rotatable bonds is 2. The zero-order chi connectivity index (χ0) is 10.8. The predicted molar refractivity (Wildman–Crippen MR) is 57.0 cm³/mol. The number of aliphatic hydroxyl groups is 1. The Labute approximate surface area is 91.5 Å². The molecule has 0 fully saturated rings. The Kier molecular flexibility index (Phi) is 2.70. The second kappa shape index (κ2) is 4.00. The largest absolute Gasteiger partial charge is 0.481 e. The molecule has 0 aliphatic carbocycles. The van der Waals surface area contributed by atoms with Gasteiger partial charge in [0, 0.05) is 23.2 Å². The maximum Gasteiger partial charge on any atom is 0.215 e. The number of hydrogen-bond acceptors (Lipinski definition) is 4. The Hall–Kier alpha value is -1.39. The van der Waals surface area contributed by atoms with E-state index in [-0.39, 0.29) is 6.61 Å². The van der Waals surface area contributed by atoms with Crippen molar-refractivity contribution in [2.45, 2.75) is 6.61 Å². The normalized spacial score (nSPS) is 10.6. The van der Waals surface area contributed by atoms with Gasteiger partial charge in [-0.3, -0.25) is 0 Å². The van der Waals surface area contributed by atoms with Gasteiger partial charge in [-0.05, 0) is 6.07 Å². The Morgan fingerprint density at radius 3 is 2.93 bits per heavy atom. The molecular weight excluding hydrogens is 216 g/mol. The SMILES string of the molecule is COc1ccc2c(Cl)c(CO)cnc2n1. The number of aromatic nitrogens is 2. The van der Waals surface area contributed by atoms with Gasteiger partial charge in [0.15, 0.2) is 5.65 Å². The van der Waals surface area contributed by atoms with Crippen molar-refractivity contribution in [1.82, 2.24) is 9.97 Å². The van der Waals surface area contributed by atoms with E-state index in [1.54, 1.807) is 12.1 Å². The third kappa shape index (κ3) is 1.73. The molecule has 0 saturated heterocycles. The van der Waals surface area contributed by atoms with E-state index in [0.717, 1.165) is 0 Å². The summed E-state index contributed by atoms with van der Waals surface area (Å²) in [5.74, 6) is 0.489. The highest BCUT2D eigenvalue weighted by atomic mass is 35.5. The van der Waals surface area contributed by atoms with Crippen molar-refractivity contribution in [2.75, 3.05) is 7.11 Å². The summed E-state index contributed by atoms with van der Waals surface area (Å²) in [6.07, 6.45) is 1.51. The van der Waals surface area contributed by atoms with E-state index in [0.29, 0.717) is 27.5 Å². The second-order valence-electron chi connectivity index (χ2n) is 2.98. The summed E-state index contributed by atoms with van der Waals surface area (Å²) in [5, 5.41) is 10.2. The van der Waals surface area contributed by atoms with Crippen molar-refractivity contribution in [2.24, 2.45) is 0 Å². The predicted octanol–water partition coefficient (Wildman–Crippen LogP) is 1.78. The van der Waals surface area contributed by atoms with Gasteiger partial charge >= 0.3 is 0 Å². The average molecular weight is 225 g/mol. The van der Waals surface area contributed by atoms with Crippen LogP contribution in [-0.4, -0.2) is 22.2 Å². The lowest BCUT2D eigenvalue weighted by molar-refractivity contribution is 0.281. The van der Waals surface area contributed by atoms with Crippen LogP contribution in [0.4, 0.5) is 0 Å². The molecule has 1 N–H and O–H groups in total. The molecule has 0 atom stereocenters. The van der Waals surface area contributed by atoms with Gasteiger partial charge in [-0.2, -0.15) is 4.98 Å². The number of nitrogens with zero attached hydrogens (tertiary/aromatic N) is 2. The molecule has 4 nitrogen and oxygen atoms in total. The Morgan fingerprint density at radius 2 is 2.27 bits per heavy atom. The molecule has 0 unspecified atom stereocenters. The Morgan fingerprint density at radius 1 is 1.47 bits per heavy atom. The molecule has 78 valence electrons. The lowest BCUT2D eigenvalue weighted by Crippen LogP contribution is -1.93. The van der Waals surface area contributed by atoms with E-state index in [2.05, 4.69) is 9.97 Å². The fourth-order valence-corrected chi connectivity index (χ4v) is 1.55. The third-order valence-corrected chi connectivity index (χ3v) is 2.54. The number of fused-ring (bicyclic) bond motifs is 1. The molecule has 0 aliphatic heterocycles. The average Bonchev–Trinajstić information content (AvgIpc) is 2.29. The van der Waals surface area contributed by atoms with E-state index in [4.69, 9.17) is 21.4 Å². The van der Waals surface area contributed by atoms with Crippen molar-refractivity contribution >= 4 is 22.6 Å². The fourth-order valence-electron chi connectivity index (χ4n) is 1.29. The van der Waals surface area contributed by atoms with Gasteiger partial charge in [0.1, 0.15) is 0 Å². The molecule has 0 aliphatic rings. The molecule has 0 aromatic carbocycles. The molecule has 5 heteroatoms. The summed E-state index contributed by atoms with van der Waals surface area (Å²) in [5.41, 5.74) is 1.10. The van der Waals surface area contributed by atoms with Gasteiger partial charge in [0.2, 0.25) is 5.88 Å². The van der Waals surface area contributed by atoms with Crippen LogP contribution in [0.5, 0.6) is 5.88 Å². The van der Waals surface area contributed by atoms with Gasteiger partial charge in [0.05, 0.1) is 18.7 Å². The van der Waals surface area contributed by atoms with Gasteiger partial charge in [0.25, 0.3) is 0 Å². The summed E-state index contributed by atoms with van der Waals surface area (Å²) in [4.78, 5) is 8.22. The Bertz CT molecular complexity index is 502. The summed E-state index contributed by atoms with van der Waals surface area (Å²) in [6, 6.07) is 3.48. The van der Waals surface area contributed by atoms with Crippen LogP contribution in [0.1, 0.15) is 5.56 Å². The summed E-state index contributed by atoms with van der Waals surface area (Å²) < 4.78 is 4.98. The summed E-state index contributed by atoms with van der Waals surface area (Å²) >= 11 is 6.06. The first-order valence-electron chi connectivity index (χ1n) is 4.35. The van der Waals surface area contributed by atoms with E-state index >= 15 is 0 Å². The molecule has 2 aromatic rings. The highest BCUT2D eigenvalue weighted by Crippen LogP contribution is 2.26. The van der Waals surface area contributed by atoms with Crippen molar-refractivity contribution in [3.63, 3.8) is 0 Å². The number of pyridine rings is 2. The van der Waals surface area contributed by atoms with Crippen molar-refractivity contribution < 1.29 is 9.84 Å². The van der Waals surface area contributed by atoms with Gasteiger partial charge in [-0.1, -0.05) is 11.6 Å². The minimum absolute atomic E-state index is 0.131. The third-order valence-electron chi connectivity index (χ3n) is 2.09. The molecule has 0 bridgehead atoms. The second-order valence-corrected chi connectivity index (χ2v) is 3.36. The van der Waals surface area contributed by atoms with Crippen molar-refractivity contribution in [1.29, 1.82) is 0 Å². The molecule has 0 amide bonds. The molecule has 2 aromatic heterocycles. The molecule has 0 saturated carbocycles. The van der Waals surface area contributed by atoms with Crippen LogP contribution in [-0.2, 0) is 6.61 Å². The monoisotopic (exact) mass is 224 g/mol. The van der Waals surface area contributed by atoms with Crippen molar-refractivity contribution in [3.8, 4) is 5.88 Å². The molecule has 15 heavy (non-hydrogen) atoms. The van der Waals surface area contributed by atoms with Crippen LogP contribution in [0.2, 0.25) is 5.02 Å². The Balaban J connectivity index is 2.68. The summed E-state index contributed by atoms with van der Waals surface area (Å²) in [6.45, 7) is -0.131. The van der Waals surface area contributed by atoms with Gasteiger partial charge in [-0.15, -0.1) is 0 Å². The topological polar surface area (TPSA) is 55.2 Å². The lowest BCUT2D eigenvalue weighted by atomic mass is 10.2. The number of halogens is 1. The smallest absolute Gasteiger partial charge is 0.215 e. The fraction of sp³-hybridized carbons (Fsp3) is 0.200. The zero-order valence-electron chi connectivity index (χ0n) is 8.07. The minimum atomic E-state index is -0.131. The van der Waals surface area contributed by atoms with Crippen molar-refractivity contribution in [3.05, 3.63) is 28.9 Å². The maximum atomic E-state index is 9.01. The number of ether oxygens (including phenoxy) is 1. The zero-order valence-corrected chi connectivity index (χ0v) is 8.82. The quantitative estimate of drug-likeness (QED) is 0.845. The summed E-state index contributed by atoms with van der Waals surface area (Å²) in [7, 11) is 1.54. The van der Waals surface area contributed by atoms with Crippen LogP contribution < -0.4 is 4.74 Å². The number of aliphatic hydroxyl groups excluding tert-OH is 1. The van der Waals surface area contributed by atoms with E-state index in [1.165, 1.54) is 13.3 Å². The van der Waals surface area contributed by atoms with E-state index in [9.17, 15) is 0 Å². The highest BCUT2D eigenvalue weighted by Gasteiger charge is 2.07. The maximum absolute atomic E-state index is 9.01. The standard InChI is InChI=1S/C10H9ClN2O2/c1-15-8-3-2-7-9(11)6(5-14)4-12-10(7)13-8/h2-4,14H,5H2,1H3. The first kappa shape index (κ1) is 10.1. The van der Waals surface area contributed by atoms with E-state index < -0.39 is 0 Å². The lowest BCUT2D eigenvalue weighted by Gasteiger charge is -2.05.